The van der Waals surface area contributed by atoms with Crippen LogP contribution in [0.1, 0.15) is 29.1 Å². The van der Waals surface area contributed by atoms with Crippen molar-refractivity contribution in [1.29, 1.82) is 0 Å². The molecule has 33 heavy (non-hydrogen) atoms. The molecule has 11 heteroatoms. The summed E-state index contributed by atoms with van der Waals surface area (Å²) in [6.45, 7) is 0.791. The second-order valence-corrected chi connectivity index (χ2v) is 9.23. The number of aromatic nitrogens is 2. The van der Waals surface area contributed by atoms with E-state index >= 15 is 0 Å². The van der Waals surface area contributed by atoms with Crippen LogP contribution in [0.5, 0.6) is 11.5 Å². The SMILES string of the molecule is COc1ccc(-c2noc(COC(=O)c3ccc(S(=O)(=O)N4CCCC4)cc3)n2)c(OC)c1. The van der Waals surface area contributed by atoms with Gasteiger partial charge in [0.15, 0.2) is 6.61 Å². The first-order chi connectivity index (χ1) is 15.9. The number of rotatable bonds is 8. The van der Waals surface area contributed by atoms with Crippen molar-refractivity contribution in [2.75, 3.05) is 27.3 Å². The molecular formula is C22H23N3O7S. The second kappa shape index (κ2) is 9.59. The molecule has 174 valence electrons. The molecule has 1 saturated heterocycles. The van der Waals surface area contributed by atoms with Crippen LogP contribution in [0, 0.1) is 0 Å². The van der Waals surface area contributed by atoms with Crippen molar-refractivity contribution in [2.24, 2.45) is 0 Å². The second-order valence-electron chi connectivity index (χ2n) is 7.29. The number of methoxy groups -OCH3 is 2. The first-order valence-corrected chi connectivity index (χ1v) is 11.7. The number of esters is 1. The molecule has 0 aliphatic carbocycles. The predicted octanol–water partition coefficient (Wildman–Crippen LogP) is 2.90. The zero-order valence-electron chi connectivity index (χ0n) is 18.2. The fourth-order valence-corrected chi connectivity index (χ4v) is 4.97. The third-order valence-electron chi connectivity index (χ3n) is 5.24. The van der Waals surface area contributed by atoms with E-state index in [-0.39, 0.29) is 28.8 Å². The summed E-state index contributed by atoms with van der Waals surface area (Å²) >= 11 is 0. The van der Waals surface area contributed by atoms with Crippen molar-refractivity contribution < 1.29 is 31.9 Å². The monoisotopic (exact) mass is 473 g/mol. The number of benzene rings is 2. The number of carbonyl (C=O) groups is 1. The van der Waals surface area contributed by atoms with Crippen molar-refractivity contribution in [3.63, 3.8) is 0 Å². The molecule has 0 saturated carbocycles. The number of hydrogen-bond donors (Lipinski definition) is 0. The van der Waals surface area contributed by atoms with Gasteiger partial charge < -0.3 is 18.7 Å². The maximum Gasteiger partial charge on any atom is 0.338 e. The fraction of sp³-hybridized carbons (Fsp3) is 0.318. The minimum atomic E-state index is -3.54. The van der Waals surface area contributed by atoms with E-state index in [4.69, 9.17) is 18.7 Å². The van der Waals surface area contributed by atoms with Gasteiger partial charge in [0.1, 0.15) is 11.5 Å². The maximum atomic E-state index is 12.6. The Morgan fingerprint density at radius 3 is 2.45 bits per heavy atom. The summed E-state index contributed by atoms with van der Waals surface area (Å²) in [6, 6.07) is 10.8. The zero-order valence-corrected chi connectivity index (χ0v) is 19.0. The minimum absolute atomic E-state index is 0.101. The van der Waals surface area contributed by atoms with Gasteiger partial charge in [0, 0.05) is 19.2 Å². The van der Waals surface area contributed by atoms with Crippen molar-refractivity contribution in [2.45, 2.75) is 24.3 Å². The molecule has 10 nitrogen and oxygen atoms in total. The Labute approximate surface area is 191 Å². The first-order valence-electron chi connectivity index (χ1n) is 10.2. The van der Waals surface area contributed by atoms with Gasteiger partial charge in [-0.15, -0.1) is 0 Å². The molecule has 0 amide bonds. The molecule has 0 atom stereocenters. The lowest BCUT2D eigenvalue weighted by molar-refractivity contribution is 0.0429. The highest BCUT2D eigenvalue weighted by molar-refractivity contribution is 7.89. The van der Waals surface area contributed by atoms with Crippen LogP contribution in [0.25, 0.3) is 11.4 Å². The minimum Gasteiger partial charge on any atom is -0.497 e. The lowest BCUT2D eigenvalue weighted by atomic mass is 10.2. The molecule has 3 aromatic rings. The van der Waals surface area contributed by atoms with Crippen LogP contribution in [0.2, 0.25) is 0 Å². The van der Waals surface area contributed by atoms with Crippen LogP contribution < -0.4 is 9.47 Å². The van der Waals surface area contributed by atoms with Crippen molar-refractivity contribution in [1.82, 2.24) is 14.4 Å². The van der Waals surface area contributed by atoms with Gasteiger partial charge in [-0.3, -0.25) is 0 Å². The molecule has 2 aromatic carbocycles. The molecular weight excluding hydrogens is 450 g/mol. The van der Waals surface area contributed by atoms with E-state index in [1.807, 2.05) is 0 Å². The van der Waals surface area contributed by atoms with Gasteiger partial charge in [-0.1, -0.05) is 5.16 Å². The van der Waals surface area contributed by atoms with Gasteiger partial charge in [-0.05, 0) is 49.2 Å². The van der Waals surface area contributed by atoms with Gasteiger partial charge >= 0.3 is 5.97 Å². The Morgan fingerprint density at radius 1 is 1.06 bits per heavy atom. The van der Waals surface area contributed by atoms with Crippen LogP contribution in [-0.2, 0) is 21.4 Å². The molecule has 1 aromatic heterocycles. The lowest BCUT2D eigenvalue weighted by Crippen LogP contribution is -2.27. The van der Waals surface area contributed by atoms with E-state index in [0.717, 1.165) is 12.8 Å². The van der Waals surface area contributed by atoms with Crippen LogP contribution in [0.15, 0.2) is 51.9 Å². The third kappa shape index (κ3) is 4.83. The number of nitrogens with zero attached hydrogens (tertiary/aromatic N) is 3. The fourth-order valence-electron chi connectivity index (χ4n) is 3.46. The Morgan fingerprint density at radius 2 is 1.79 bits per heavy atom. The summed E-state index contributed by atoms with van der Waals surface area (Å²) in [6.07, 6.45) is 1.71. The molecule has 0 bridgehead atoms. The van der Waals surface area contributed by atoms with Crippen LogP contribution in [-0.4, -0.2) is 56.1 Å². The Hall–Kier alpha value is -3.44. The van der Waals surface area contributed by atoms with E-state index in [2.05, 4.69) is 10.1 Å². The van der Waals surface area contributed by atoms with Crippen LogP contribution in [0.3, 0.4) is 0 Å². The van der Waals surface area contributed by atoms with Crippen molar-refractivity contribution in [3.05, 3.63) is 53.9 Å². The topological polar surface area (TPSA) is 121 Å². The molecule has 0 N–H and O–H groups in total. The van der Waals surface area contributed by atoms with Crippen molar-refractivity contribution in [3.8, 4) is 22.9 Å². The number of carbonyl (C=O) groups excluding carboxylic acids is 1. The Balaban J connectivity index is 1.40. The summed E-state index contributed by atoms with van der Waals surface area (Å²) in [7, 11) is -0.473. The summed E-state index contributed by atoms with van der Waals surface area (Å²) in [5.74, 6) is 0.860. The molecule has 0 radical (unpaired) electrons. The number of ether oxygens (including phenoxy) is 3. The van der Waals surface area contributed by atoms with E-state index in [9.17, 15) is 13.2 Å². The highest BCUT2D eigenvalue weighted by Gasteiger charge is 2.27. The highest BCUT2D eigenvalue weighted by atomic mass is 32.2. The zero-order chi connectivity index (χ0) is 23.4. The molecule has 0 unspecified atom stereocenters. The molecule has 1 fully saturated rings. The van der Waals surface area contributed by atoms with E-state index < -0.39 is 16.0 Å². The molecule has 0 spiro atoms. The van der Waals surface area contributed by atoms with Gasteiger partial charge in [0.05, 0.1) is 30.2 Å². The standard InChI is InChI=1S/C22H23N3O7S/c1-29-16-7-10-18(19(13-16)30-2)21-23-20(32-24-21)14-31-22(26)15-5-8-17(9-6-15)33(27,28)25-11-3-4-12-25/h5-10,13H,3-4,11-12,14H2,1-2H3. The number of hydrogen-bond acceptors (Lipinski definition) is 9. The molecule has 2 heterocycles. The van der Waals surface area contributed by atoms with Gasteiger partial charge in [0.25, 0.3) is 5.89 Å². The van der Waals surface area contributed by atoms with E-state index in [0.29, 0.717) is 30.2 Å². The van der Waals surface area contributed by atoms with Gasteiger partial charge in [0.2, 0.25) is 15.8 Å². The van der Waals surface area contributed by atoms with Crippen molar-refractivity contribution >= 4 is 16.0 Å². The molecule has 4 rings (SSSR count). The first kappa shape index (κ1) is 22.7. The Bertz CT molecular complexity index is 1230. The van der Waals surface area contributed by atoms with E-state index in [1.165, 1.54) is 35.7 Å². The predicted molar refractivity (Wildman–Crippen MR) is 116 cm³/mol. The molecule has 1 aliphatic heterocycles. The summed E-state index contributed by atoms with van der Waals surface area (Å²) in [5.41, 5.74) is 0.807. The quantitative estimate of drug-likeness (QED) is 0.455. The molecule has 1 aliphatic rings. The third-order valence-corrected chi connectivity index (χ3v) is 7.15. The highest BCUT2D eigenvalue weighted by Crippen LogP contribution is 2.31. The smallest absolute Gasteiger partial charge is 0.338 e. The van der Waals surface area contributed by atoms with Gasteiger partial charge in [-0.2, -0.15) is 9.29 Å². The van der Waals surface area contributed by atoms with Crippen LogP contribution in [0.4, 0.5) is 0 Å². The largest absolute Gasteiger partial charge is 0.497 e. The summed E-state index contributed by atoms with van der Waals surface area (Å²) < 4.78 is 47.6. The lowest BCUT2D eigenvalue weighted by Gasteiger charge is -2.15. The van der Waals surface area contributed by atoms with E-state index in [1.54, 1.807) is 25.3 Å². The van der Waals surface area contributed by atoms with Gasteiger partial charge in [-0.25, -0.2) is 13.2 Å². The summed E-state index contributed by atoms with van der Waals surface area (Å²) in [4.78, 5) is 16.8. The normalized spacial score (nSPS) is 14.2. The maximum absolute atomic E-state index is 12.6. The number of sulfonamides is 1. The Kier molecular flexibility index (Phi) is 6.61. The summed E-state index contributed by atoms with van der Waals surface area (Å²) in [5, 5.41) is 3.91. The average molecular weight is 474 g/mol. The van der Waals surface area contributed by atoms with Crippen LogP contribution >= 0.6 is 0 Å². The average Bonchev–Trinajstić information content (AvgIpc) is 3.55.